The first-order valence-corrected chi connectivity index (χ1v) is 5.85. The van der Waals surface area contributed by atoms with Gasteiger partial charge in [-0.25, -0.2) is 0 Å². The van der Waals surface area contributed by atoms with Gasteiger partial charge in [-0.15, -0.1) is 0 Å². The number of benzene rings is 2. The molecule has 0 aliphatic carbocycles. The maximum absolute atomic E-state index is 12.1. The summed E-state index contributed by atoms with van der Waals surface area (Å²) in [4.78, 5) is 15.3. The average molecular weight is 234 g/mol. The predicted octanol–water partition coefficient (Wildman–Crippen LogP) is 3.40. The first kappa shape index (κ1) is 9.48. The topological polar surface area (TPSA) is 44.9 Å². The van der Waals surface area contributed by atoms with Crippen LogP contribution in [-0.2, 0) is 0 Å². The van der Waals surface area contributed by atoms with Gasteiger partial charge >= 0.3 is 0 Å². The molecule has 3 nitrogen and oxygen atoms in total. The van der Waals surface area contributed by atoms with Crippen molar-refractivity contribution in [3.63, 3.8) is 0 Å². The number of hydrogen-bond acceptors (Lipinski definition) is 1. The molecule has 18 heavy (non-hydrogen) atoms. The number of rotatable bonds is 1. The molecule has 0 unspecified atom stereocenters. The number of hydrogen-bond donors (Lipinski definition) is 2. The third-order valence-corrected chi connectivity index (χ3v) is 3.41. The van der Waals surface area contributed by atoms with E-state index in [2.05, 4.69) is 16.4 Å². The summed E-state index contributed by atoms with van der Waals surface area (Å²) in [6.07, 6.45) is 1.87. The van der Waals surface area contributed by atoms with Crippen molar-refractivity contribution in [2.75, 3.05) is 5.32 Å². The van der Waals surface area contributed by atoms with Gasteiger partial charge in [0.05, 0.1) is 5.56 Å². The lowest BCUT2D eigenvalue weighted by Crippen LogP contribution is -2.05. The number of aromatic nitrogens is 1. The van der Waals surface area contributed by atoms with Crippen LogP contribution in [0.2, 0.25) is 0 Å². The van der Waals surface area contributed by atoms with E-state index in [4.69, 9.17) is 0 Å². The summed E-state index contributed by atoms with van der Waals surface area (Å²) in [6.45, 7) is 0. The van der Waals surface area contributed by atoms with Gasteiger partial charge in [0.1, 0.15) is 0 Å². The van der Waals surface area contributed by atoms with Gasteiger partial charge < -0.3 is 10.3 Å². The lowest BCUT2D eigenvalue weighted by Gasteiger charge is -2.05. The second kappa shape index (κ2) is 3.23. The molecule has 1 aliphatic heterocycles. The van der Waals surface area contributed by atoms with E-state index in [0.717, 1.165) is 33.3 Å². The van der Waals surface area contributed by atoms with Crippen LogP contribution in [0, 0.1) is 0 Å². The summed E-state index contributed by atoms with van der Waals surface area (Å²) >= 11 is 0. The van der Waals surface area contributed by atoms with Gasteiger partial charge in [-0.05, 0) is 23.6 Å². The van der Waals surface area contributed by atoms with Crippen LogP contribution in [0.1, 0.15) is 10.4 Å². The minimum Gasteiger partial charge on any atom is -0.361 e. The fraction of sp³-hybridized carbons (Fsp3) is 0. The molecule has 0 saturated carbocycles. The molecule has 0 fully saturated rings. The standard InChI is InChI=1S/C15H10N2O/c18-15-14-10(11-5-2-8-16-11)7-6-9-3-1-4-12(17-15)13(9)14/h1-8,16H,(H,17,18). The second-order valence-electron chi connectivity index (χ2n) is 4.43. The Kier molecular flexibility index (Phi) is 1.70. The normalized spacial score (nSPS) is 13.0. The molecule has 0 bridgehead atoms. The Labute approximate surface area is 103 Å². The Hall–Kier alpha value is -2.55. The molecule has 2 aromatic carbocycles. The molecule has 4 rings (SSSR count). The van der Waals surface area contributed by atoms with Gasteiger partial charge in [0.25, 0.3) is 5.91 Å². The summed E-state index contributed by atoms with van der Waals surface area (Å²) in [7, 11) is 0. The lowest BCUT2D eigenvalue weighted by atomic mass is 9.98. The smallest absolute Gasteiger partial charge is 0.257 e. The van der Waals surface area contributed by atoms with Crippen LogP contribution in [0.25, 0.3) is 22.0 Å². The number of carbonyl (C=O) groups is 1. The van der Waals surface area contributed by atoms with Crippen LogP contribution in [0.15, 0.2) is 48.7 Å². The number of amides is 1. The number of anilines is 1. The fourth-order valence-electron chi connectivity index (χ4n) is 2.63. The largest absolute Gasteiger partial charge is 0.361 e. The van der Waals surface area contributed by atoms with E-state index < -0.39 is 0 Å². The summed E-state index contributed by atoms with van der Waals surface area (Å²) in [5.74, 6) is -0.0219. The Bertz CT molecular complexity index is 773. The van der Waals surface area contributed by atoms with Crippen LogP contribution in [0.3, 0.4) is 0 Å². The van der Waals surface area contributed by atoms with E-state index in [9.17, 15) is 4.79 Å². The van der Waals surface area contributed by atoms with Gasteiger partial charge in [0.2, 0.25) is 0 Å². The van der Waals surface area contributed by atoms with Crippen molar-refractivity contribution in [2.24, 2.45) is 0 Å². The molecule has 3 aromatic rings. The molecule has 0 radical (unpaired) electrons. The van der Waals surface area contributed by atoms with Crippen molar-refractivity contribution in [3.05, 3.63) is 54.2 Å². The number of carbonyl (C=O) groups excluding carboxylic acids is 1. The number of aromatic amines is 1. The van der Waals surface area contributed by atoms with Crippen LogP contribution in [-0.4, -0.2) is 10.9 Å². The zero-order valence-corrected chi connectivity index (χ0v) is 9.53. The van der Waals surface area contributed by atoms with E-state index in [1.807, 2.05) is 42.6 Å². The zero-order chi connectivity index (χ0) is 12.1. The van der Waals surface area contributed by atoms with Crippen molar-refractivity contribution >= 4 is 22.4 Å². The predicted molar refractivity (Wildman–Crippen MR) is 71.7 cm³/mol. The molecular weight excluding hydrogens is 224 g/mol. The lowest BCUT2D eigenvalue weighted by molar-refractivity contribution is 0.103. The maximum Gasteiger partial charge on any atom is 0.257 e. The second-order valence-corrected chi connectivity index (χ2v) is 4.43. The first-order valence-electron chi connectivity index (χ1n) is 5.85. The van der Waals surface area contributed by atoms with E-state index >= 15 is 0 Å². The molecule has 1 aliphatic rings. The van der Waals surface area contributed by atoms with E-state index in [1.54, 1.807) is 0 Å². The van der Waals surface area contributed by atoms with Crippen molar-refractivity contribution in [1.82, 2.24) is 4.98 Å². The Morgan fingerprint density at radius 2 is 1.89 bits per heavy atom. The number of nitrogens with one attached hydrogen (secondary N) is 2. The van der Waals surface area contributed by atoms with E-state index in [1.165, 1.54) is 0 Å². The number of H-pyrrole nitrogens is 1. The molecule has 1 aromatic heterocycles. The third kappa shape index (κ3) is 1.10. The minimum absolute atomic E-state index is 0.0219. The van der Waals surface area contributed by atoms with Gasteiger partial charge in [0.15, 0.2) is 0 Å². The quantitative estimate of drug-likeness (QED) is 0.666. The molecule has 0 saturated heterocycles. The molecular formula is C15H10N2O. The average Bonchev–Trinajstić information content (AvgIpc) is 3.00. The van der Waals surface area contributed by atoms with Crippen LogP contribution >= 0.6 is 0 Å². The Morgan fingerprint density at radius 1 is 0.944 bits per heavy atom. The van der Waals surface area contributed by atoms with Crippen LogP contribution in [0.5, 0.6) is 0 Å². The molecule has 2 heterocycles. The minimum atomic E-state index is -0.0219. The molecule has 0 atom stereocenters. The molecule has 1 amide bonds. The van der Waals surface area contributed by atoms with Crippen molar-refractivity contribution < 1.29 is 4.79 Å². The molecule has 2 N–H and O–H groups in total. The van der Waals surface area contributed by atoms with Gasteiger partial charge in [-0.3, -0.25) is 4.79 Å². The fourth-order valence-corrected chi connectivity index (χ4v) is 2.63. The van der Waals surface area contributed by atoms with Crippen LogP contribution in [0.4, 0.5) is 5.69 Å². The van der Waals surface area contributed by atoms with Crippen molar-refractivity contribution in [2.45, 2.75) is 0 Å². The highest BCUT2D eigenvalue weighted by atomic mass is 16.1. The maximum atomic E-state index is 12.1. The SMILES string of the molecule is O=C1Nc2cccc3ccc(-c4ccc[nH]4)c1c23. The highest BCUT2D eigenvalue weighted by molar-refractivity contribution is 6.26. The first-order chi connectivity index (χ1) is 8.84. The van der Waals surface area contributed by atoms with Crippen LogP contribution < -0.4 is 5.32 Å². The molecule has 86 valence electrons. The van der Waals surface area contributed by atoms with Gasteiger partial charge in [0, 0.05) is 28.5 Å². The van der Waals surface area contributed by atoms with Crippen molar-refractivity contribution in [1.29, 1.82) is 0 Å². The molecule has 0 spiro atoms. The highest BCUT2D eigenvalue weighted by Gasteiger charge is 2.25. The summed E-state index contributed by atoms with van der Waals surface area (Å²) in [5.41, 5.74) is 3.60. The monoisotopic (exact) mass is 234 g/mol. The summed E-state index contributed by atoms with van der Waals surface area (Å²) in [6, 6.07) is 13.9. The molecule has 3 heteroatoms. The van der Waals surface area contributed by atoms with Crippen molar-refractivity contribution in [3.8, 4) is 11.3 Å². The van der Waals surface area contributed by atoms with E-state index in [-0.39, 0.29) is 5.91 Å². The Morgan fingerprint density at radius 3 is 2.72 bits per heavy atom. The van der Waals surface area contributed by atoms with Gasteiger partial charge in [-0.1, -0.05) is 24.3 Å². The van der Waals surface area contributed by atoms with E-state index in [0.29, 0.717) is 0 Å². The third-order valence-electron chi connectivity index (χ3n) is 3.41. The van der Waals surface area contributed by atoms with Gasteiger partial charge in [-0.2, -0.15) is 0 Å². The Balaban J connectivity index is 2.15. The summed E-state index contributed by atoms with van der Waals surface area (Å²) in [5, 5.41) is 5.04. The highest BCUT2D eigenvalue weighted by Crippen LogP contribution is 2.38. The summed E-state index contributed by atoms with van der Waals surface area (Å²) < 4.78 is 0. The zero-order valence-electron chi connectivity index (χ0n) is 9.53.